The molecule has 1 saturated heterocycles. The summed E-state index contributed by atoms with van der Waals surface area (Å²) in [5.41, 5.74) is 0.407. The van der Waals surface area contributed by atoms with Crippen LogP contribution in [-0.4, -0.2) is 23.1 Å². The second-order valence-electron chi connectivity index (χ2n) is 5.15. The van der Waals surface area contributed by atoms with E-state index in [4.69, 9.17) is 0 Å². The largest absolute Gasteiger partial charge is 0.356 e. The highest BCUT2D eigenvalue weighted by molar-refractivity contribution is 9.10. The molecule has 1 aromatic rings. The molecule has 2 rings (SSSR count). The second-order valence-corrected chi connectivity index (χ2v) is 5.97. The van der Waals surface area contributed by atoms with Crippen LogP contribution in [0.1, 0.15) is 33.0 Å². The molecule has 16 heavy (non-hydrogen) atoms. The fourth-order valence-corrected chi connectivity index (χ4v) is 2.49. The van der Waals surface area contributed by atoms with Crippen LogP contribution in [0.15, 0.2) is 10.7 Å². The van der Waals surface area contributed by atoms with Crippen molar-refractivity contribution in [2.75, 3.05) is 18.0 Å². The zero-order chi connectivity index (χ0) is 11.8. The van der Waals surface area contributed by atoms with Crippen molar-refractivity contribution < 1.29 is 0 Å². The molecule has 4 heteroatoms. The van der Waals surface area contributed by atoms with Gasteiger partial charge in [-0.1, -0.05) is 20.8 Å². The van der Waals surface area contributed by atoms with Gasteiger partial charge in [0, 0.05) is 25.6 Å². The highest BCUT2D eigenvalue weighted by Crippen LogP contribution is 2.32. The van der Waals surface area contributed by atoms with E-state index in [0.717, 1.165) is 35.8 Å². The van der Waals surface area contributed by atoms with Crippen molar-refractivity contribution in [3.63, 3.8) is 0 Å². The van der Waals surface area contributed by atoms with Gasteiger partial charge in [0.25, 0.3) is 0 Å². The summed E-state index contributed by atoms with van der Waals surface area (Å²) in [7, 11) is 0. The van der Waals surface area contributed by atoms with Crippen molar-refractivity contribution in [2.24, 2.45) is 5.41 Å². The number of aromatic nitrogens is 2. The normalized spacial score (nSPS) is 19.1. The number of hydrogen-bond donors (Lipinski definition) is 0. The van der Waals surface area contributed by atoms with E-state index in [0.29, 0.717) is 5.41 Å². The van der Waals surface area contributed by atoms with E-state index in [2.05, 4.69) is 51.6 Å². The molecule has 0 amide bonds. The average Bonchev–Trinajstić information content (AvgIpc) is 2.58. The highest BCUT2D eigenvalue weighted by Gasteiger charge is 2.30. The van der Waals surface area contributed by atoms with Gasteiger partial charge in [0.2, 0.25) is 0 Å². The number of nitrogens with zero attached hydrogens (tertiary/aromatic N) is 3. The lowest BCUT2D eigenvalue weighted by Crippen LogP contribution is -2.24. The van der Waals surface area contributed by atoms with E-state index in [9.17, 15) is 0 Å². The van der Waals surface area contributed by atoms with Crippen molar-refractivity contribution in [3.05, 3.63) is 16.5 Å². The summed E-state index contributed by atoms with van der Waals surface area (Å²) in [6.45, 7) is 8.88. The topological polar surface area (TPSA) is 29.0 Å². The lowest BCUT2D eigenvalue weighted by Gasteiger charge is -2.21. The summed E-state index contributed by atoms with van der Waals surface area (Å²) in [6.07, 6.45) is 2.11. The van der Waals surface area contributed by atoms with Gasteiger partial charge in [-0.2, -0.15) is 0 Å². The molecule has 0 spiro atoms. The first-order valence-corrected chi connectivity index (χ1v) is 6.58. The Labute approximate surface area is 105 Å². The third kappa shape index (κ3) is 2.54. The minimum atomic E-state index is 0.407. The fraction of sp³-hybridized carbons (Fsp3) is 0.667. The number of anilines is 1. The van der Waals surface area contributed by atoms with E-state index in [1.54, 1.807) is 0 Å². The first-order valence-electron chi connectivity index (χ1n) is 5.78. The van der Waals surface area contributed by atoms with E-state index >= 15 is 0 Å². The van der Waals surface area contributed by atoms with Crippen molar-refractivity contribution >= 4 is 21.7 Å². The summed E-state index contributed by atoms with van der Waals surface area (Å²) in [4.78, 5) is 11.3. The average molecular weight is 284 g/mol. The van der Waals surface area contributed by atoms with Gasteiger partial charge in [-0.25, -0.2) is 9.97 Å². The van der Waals surface area contributed by atoms with Gasteiger partial charge in [-0.05, 0) is 27.8 Å². The number of aryl methyl sites for hydroxylation is 1. The number of rotatable bonds is 2. The van der Waals surface area contributed by atoms with Gasteiger partial charge >= 0.3 is 0 Å². The third-order valence-corrected chi connectivity index (χ3v) is 3.45. The maximum absolute atomic E-state index is 4.58. The summed E-state index contributed by atoms with van der Waals surface area (Å²) >= 11 is 3.45. The van der Waals surface area contributed by atoms with Crippen LogP contribution < -0.4 is 4.90 Å². The molecule has 1 aromatic heterocycles. The summed E-state index contributed by atoms with van der Waals surface area (Å²) in [5.74, 6) is 1.97. The standard InChI is InChI=1S/C12H18BrN3/c1-4-10-14-9(13)7-11(15-10)16-6-5-12(2,3)8-16/h7H,4-6,8H2,1-3H3. The van der Waals surface area contributed by atoms with E-state index < -0.39 is 0 Å². The molecule has 1 aliphatic heterocycles. The smallest absolute Gasteiger partial charge is 0.133 e. The lowest BCUT2D eigenvalue weighted by atomic mass is 9.93. The van der Waals surface area contributed by atoms with Gasteiger partial charge in [0.1, 0.15) is 16.2 Å². The Hall–Kier alpha value is -0.640. The lowest BCUT2D eigenvalue weighted by molar-refractivity contribution is 0.418. The molecule has 88 valence electrons. The highest BCUT2D eigenvalue weighted by atomic mass is 79.9. The van der Waals surface area contributed by atoms with Crippen LogP contribution in [0, 0.1) is 5.41 Å². The third-order valence-electron chi connectivity index (χ3n) is 3.05. The Morgan fingerprint density at radius 1 is 1.44 bits per heavy atom. The van der Waals surface area contributed by atoms with Gasteiger partial charge in [0.15, 0.2) is 0 Å². The Bertz CT molecular complexity index is 390. The minimum Gasteiger partial charge on any atom is -0.356 e. The van der Waals surface area contributed by atoms with Crippen LogP contribution in [0.4, 0.5) is 5.82 Å². The molecule has 0 unspecified atom stereocenters. The summed E-state index contributed by atoms with van der Waals surface area (Å²) in [5, 5.41) is 0. The van der Waals surface area contributed by atoms with E-state index in [1.807, 2.05) is 6.07 Å². The zero-order valence-electron chi connectivity index (χ0n) is 10.1. The molecule has 0 atom stereocenters. The second kappa shape index (κ2) is 4.32. The maximum Gasteiger partial charge on any atom is 0.133 e. The Morgan fingerprint density at radius 3 is 2.75 bits per heavy atom. The molecule has 0 aliphatic carbocycles. The Kier molecular flexibility index (Phi) is 3.19. The summed E-state index contributed by atoms with van der Waals surface area (Å²) in [6, 6.07) is 2.01. The van der Waals surface area contributed by atoms with Crippen LogP contribution in [0.3, 0.4) is 0 Å². The van der Waals surface area contributed by atoms with Crippen LogP contribution in [0.5, 0.6) is 0 Å². The molecule has 0 bridgehead atoms. The van der Waals surface area contributed by atoms with Crippen molar-refractivity contribution in [2.45, 2.75) is 33.6 Å². The molecule has 0 aromatic carbocycles. The number of halogens is 1. The van der Waals surface area contributed by atoms with Crippen molar-refractivity contribution in [3.8, 4) is 0 Å². The Morgan fingerprint density at radius 2 is 2.19 bits per heavy atom. The van der Waals surface area contributed by atoms with E-state index in [-0.39, 0.29) is 0 Å². The first kappa shape index (κ1) is 11.8. The minimum absolute atomic E-state index is 0.407. The number of hydrogen-bond acceptors (Lipinski definition) is 3. The molecular weight excluding hydrogens is 266 g/mol. The molecule has 0 radical (unpaired) electrons. The maximum atomic E-state index is 4.58. The summed E-state index contributed by atoms with van der Waals surface area (Å²) < 4.78 is 0.888. The zero-order valence-corrected chi connectivity index (χ0v) is 11.7. The first-order chi connectivity index (χ1) is 7.50. The van der Waals surface area contributed by atoms with Gasteiger partial charge in [-0.15, -0.1) is 0 Å². The molecule has 1 aliphatic rings. The SMILES string of the molecule is CCc1nc(Br)cc(N2CCC(C)(C)C2)n1. The molecule has 2 heterocycles. The van der Waals surface area contributed by atoms with Crippen molar-refractivity contribution in [1.82, 2.24) is 9.97 Å². The van der Waals surface area contributed by atoms with Crippen LogP contribution in [-0.2, 0) is 6.42 Å². The molecule has 0 N–H and O–H groups in total. The predicted octanol–water partition coefficient (Wildman–Crippen LogP) is 3.04. The van der Waals surface area contributed by atoms with E-state index in [1.165, 1.54) is 6.42 Å². The van der Waals surface area contributed by atoms with Crippen LogP contribution in [0.25, 0.3) is 0 Å². The van der Waals surface area contributed by atoms with Gasteiger partial charge in [-0.3, -0.25) is 0 Å². The van der Waals surface area contributed by atoms with Crippen LogP contribution in [0.2, 0.25) is 0 Å². The molecular formula is C12H18BrN3. The Balaban J connectivity index is 2.24. The van der Waals surface area contributed by atoms with Crippen molar-refractivity contribution in [1.29, 1.82) is 0 Å². The quantitative estimate of drug-likeness (QED) is 0.782. The predicted molar refractivity (Wildman–Crippen MR) is 69.7 cm³/mol. The van der Waals surface area contributed by atoms with Gasteiger partial charge in [0.05, 0.1) is 0 Å². The molecule has 0 saturated carbocycles. The molecule has 3 nitrogen and oxygen atoms in total. The monoisotopic (exact) mass is 283 g/mol. The van der Waals surface area contributed by atoms with Gasteiger partial charge < -0.3 is 4.90 Å². The van der Waals surface area contributed by atoms with Crippen LogP contribution >= 0.6 is 15.9 Å². The fourth-order valence-electron chi connectivity index (χ4n) is 2.08. The molecule has 1 fully saturated rings.